The van der Waals surface area contributed by atoms with E-state index in [1.807, 2.05) is 16.9 Å². The predicted molar refractivity (Wildman–Crippen MR) is 62.3 cm³/mol. The SMILES string of the molecule is CC(C)n1ccc(N2CCC(Br)C2=O)n1. The molecule has 5 heteroatoms. The Balaban J connectivity index is 2.20. The van der Waals surface area contributed by atoms with Crippen molar-refractivity contribution in [1.29, 1.82) is 0 Å². The van der Waals surface area contributed by atoms with Crippen molar-refractivity contribution in [3.63, 3.8) is 0 Å². The van der Waals surface area contributed by atoms with Gasteiger partial charge < -0.3 is 0 Å². The standard InChI is InChI=1S/C10H14BrN3O/c1-7(2)14-6-4-9(12-14)13-5-3-8(11)10(13)15/h4,6-8H,3,5H2,1-2H3. The fourth-order valence-corrected chi connectivity index (χ4v) is 2.08. The minimum atomic E-state index is -0.0401. The van der Waals surface area contributed by atoms with E-state index in [-0.39, 0.29) is 10.7 Å². The summed E-state index contributed by atoms with van der Waals surface area (Å²) in [5.74, 6) is 0.875. The summed E-state index contributed by atoms with van der Waals surface area (Å²) >= 11 is 3.35. The van der Waals surface area contributed by atoms with Crippen LogP contribution in [0.1, 0.15) is 26.3 Å². The second-order valence-corrected chi connectivity index (χ2v) is 5.10. The van der Waals surface area contributed by atoms with E-state index in [0.29, 0.717) is 6.04 Å². The zero-order chi connectivity index (χ0) is 11.0. The fraction of sp³-hybridized carbons (Fsp3) is 0.600. The molecule has 1 aromatic rings. The highest BCUT2D eigenvalue weighted by Gasteiger charge is 2.31. The molecular weight excluding hydrogens is 258 g/mol. The molecule has 15 heavy (non-hydrogen) atoms. The topological polar surface area (TPSA) is 38.1 Å². The van der Waals surface area contributed by atoms with Crippen molar-refractivity contribution >= 4 is 27.7 Å². The smallest absolute Gasteiger partial charge is 0.242 e. The number of carbonyl (C=O) groups excluding carboxylic acids is 1. The summed E-state index contributed by atoms with van der Waals surface area (Å²) in [6.45, 7) is 4.88. The van der Waals surface area contributed by atoms with Crippen LogP contribution in [0.5, 0.6) is 0 Å². The van der Waals surface area contributed by atoms with Gasteiger partial charge in [-0.05, 0) is 20.3 Å². The van der Waals surface area contributed by atoms with Crippen LogP contribution >= 0.6 is 15.9 Å². The molecule has 1 aliphatic heterocycles. The number of carbonyl (C=O) groups is 1. The van der Waals surface area contributed by atoms with Gasteiger partial charge in [-0.1, -0.05) is 15.9 Å². The van der Waals surface area contributed by atoms with Crippen LogP contribution in [0.3, 0.4) is 0 Å². The van der Waals surface area contributed by atoms with Crippen molar-refractivity contribution in [2.75, 3.05) is 11.4 Å². The molecule has 1 aliphatic rings. The first kappa shape index (κ1) is 10.7. The Labute approximate surface area is 97.4 Å². The first-order chi connectivity index (χ1) is 7.09. The van der Waals surface area contributed by atoms with E-state index in [1.165, 1.54) is 0 Å². The maximum absolute atomic E-state index is 11.7. The van der Waals surface area contributed by atoms with Gasteiger partial charge in [0.05, 0.1) is 4.83 Å². The fourth-order valence-electron chi connectivity index (χ4n) is 1.63. The highest BCUT2D eigenvalue weighted by atomic mass is 79.9. The third-order valence-corrected chi connectivity index (χ3v) is 3.39. The van der Waals surface area contributed by atoms with Gasteiger partial charge in [-0.3, -0.25) is 14.4 Å². The number of rotatable bonds is 2. The van der Waals surface area contributed by atoms with Crippen molar-refractivity contribution in [3.8, 4) is 0 Å². The van der Waals surface area contributed by atoms with E-state index in [2.05, 4.69) is 34.9 Å². The lowest BCUT2D eigenvalue weighted by Crippen LogP contribution is -2.27. The number of amides is 1. The number of anilines is 1. The van der Waals surface area contributed by atoms with Crippen molar-refractivity contribution in [2.45, 2.75) is 31.1 Å². The van der Waals surface area contributed by atoms with E-state index in [1.54, 1.807) is 4.90 Å². The van der Waals surface area contributed by atoms with Crippen LogP contribution in [-0.2, 0) is 4.79 Å². The third kappa shape index (κ3) is 1.93. The van der Waals surface area contributed by atoms with Gasteiger partial charge in [-0.2, -0.15) is 5.10 Å². The highest BCUT2D eigenvalue weighted by molar-refractivity contribution is 9.10. The minimum absolute atomic E-state index is 0.0401. The molecule has 0 radical (unpaired) electrons. The van der Waals surface area contributed by atoms with Crippen molar-refractivity contribution in [1.82, 2.24) is 9.78 Å². The molecule has 1 unspecified atom stereocenters. The number of aromatic nitrogens is 2. The summed E-state index contributed by atoms with van der Waals surface area (Å²) in [7, 11) is 0. The van der Waals surface area contributed by atoms with Gasteiger partial charge in [0.15, 0.2) is 5.82 Å². The summed E-state index contributed by atoms with van der Waals surface area (Å²) < 4.78 is 1.87. The van der Waals surface area contributed by atoms with Crippen LogP contribution in [0.2, 0.25) is 0 Å². The predicted octanol–water partition coefficient (Wildman–Crippen LogP) is 1.96. The van der Waals surface area contributed by atoms with Gasteiger partial charge in [0.25, 0.3) is 0 Å². The Hall–Kier alpha value is -0.840. The molecule has 0 aromatic carbocycles. The molecule has 0 spiro atoms. The van der Waals surface area contributed by atoms with Crippen LogP contribution in [-0.4, -0.2) is 27.1 Å². The van der Waals surface area contributed by atoms with E-state index < -0.39 is 0 Å². The number of nitrogens with zero attached hydrogens (tertiary/aromatic N) is 3. The Kier molecular flexibility index (Phi) is 2.82. The molecule has 82 valence electrons. The first-order valence-corrected chi connectivity index (χ1v) is 6.02. The van der Waals surface area contributed by atoms with Gasteiger partial charge in [-0.25, -0.2) is 0 Å². The van der Waals surface area contributed by atoms with Crippen LogP contribution < -0.4 is 4.90 Å². The monoisotopic (exact) mass is 271 g/mol. The van der Waals surface area contributed by atoms with E-state index in [4.69, 9.17) is 0 Å². The van der Waals surface area contributed by atoms with E-state index in [0.717, 1.165) is 18.8 Å². The van der Waals surface area contributed by atoms with Gasteiger partial charge in [0, 0.05) is 24.8 Å². The molecule has 1 aromatic heterocycles. The maximum atomic E-state index is 11.7. The second kappa shape index (κ2) is 3.96. The number of hydrogen-bond donors (Lipinski definition) is 0. The molecule has 1 amide bonds. The lowest BCUT2D eigenvalue weighted by molar-refractivity contribution is -0.116. The average molecular weight is 272 g/mol. The van der Waals surface area contributed by atoms with Crippen LogP contribution in [0, 0.1) is 0 Å². The third-order valence-electron chi connectivity index (χ3n) is 2.54. The Morgan fingerprint density at radius 3 is 2.80 bits per heavy atom. The Bertz CT molecular complexity index is 374. The molecule has 1 fully saturated rings. The molecule has 1 atom stereocenters. The summed E-state index contributed by atoms with van der Waals surface area (Å²) in [6.07, 6.45) is 2.77. The van der Waals surface area contributed by atoms with Gasteiger partial charge in [0.1, 0.15) is 0 Å². The quantitative estimate of drug-likeness (QED) is 0.772. The van der Waals surface area contributed by atoms with Gasteiger partial charge in [0.2, 0.25) is 5.91 Å². The average Bonchev–Trinajstić information content (AvgIpc) is 2.76. The molecule has 2 heterocycles. The second-order valence-electron chi connectivity index (χ2n) is 3.99. The lowest BCUT2D eigenvalue weighted by Gasteiger charge is -2.12. The molecule has 0 N–H and O–H groups in total. The molecule has 0 saturated carbocycles. The van der Waals surface area contributed by atoms with Crippen LogP contribution in [0.25, 0.3) is 0 Å². The van der Waals surface area contributed by atoms with Crippen molar-refractivity contribution in [3.05, 3.63) is 12.3 Å². The highest BCUT2D eigenvalue weighted by Crippen LogP contribution is 2.24. The van der Waals surface area contributed by atoms with Crippen molar-refractivity contribution < 1.29 is 4.79 Å². The normalized spacial score (nSPS) is 21.7. The van der Waals surface area contributed by atoms with Gasteiger partial charge >= 0.3 is 0 Å². The maximum Gasteiger partial charge on any atom is 0.242 e. The Morgan fingerprint density at radius 1 is 1.60 bits per heavy atom. The molecule has 0 aliphatic carbocycles. The lowest BCUT2D eigenvalue weighted by atomic mass is 10.4. The molecule has 0 bridgehead atoms. The number of alkyl halides is 1. The van der Waals surface area contributed by atoms with Gasteiger partial charge in [-0.15, -0.1) is 0 Å². The first-order valence-electron chi connectivity index (χ1n) is 5.10. The summed E-state index contributed by atoms with van der Waals surface area (Å²) in [6, 6.07) is 2.22. The summed E-state index contributed by atoms with van der Waals surface area (Å²) in [5.41, 5.74) is 0. The number of halogens is 1. The molecule has 1 saturated heterocycles. The molecule has 4 nitrogen and oxygen atoms in total. The molecule has 2 rings (SSSR count). The number of hydrogen-bond acceptors (Lipinski definition) is 2. The largest absolute Gasteiger partial charge is 0.294 e. The molecular formula is C10H14BrN3O. The van der Waals surface area contributed by atoms with Crippen molar-refractivity contribution in [2.24, 2.45) is 0 Å². The summed E-state index contributed by atoms with van der Waals surface area (Å²) in [4.78, 5) is 13.4. The van der Waals surface area contributed by atoms with Crippen LogP contribution in [0.4, 0.5) is 5.82 Å². The Morgan fingerprint density at radius 2 is 2.33 bits per heavy atom. The minimum Gasteiger partial charge on any atom is -0.294 e. The van der Waals surface area contributed by atoms with E-state index in [9.17, 15) is 4.79 Å². The van der Waals surface area contributed by atoms with E-state index >= 15 is 0 Å². The zero-order valence-corrected chi connectivity index (χ0v) is 10.4. The van der Waals surface area contributed by atoms with Crippen LogP contribution in [0.15, 0.2) is 12.3 Å². The summed E-state index contributed by atoms with van der Waals surface area (Å²) in [5, 5.41) is 4.38. The zero-order valence-electron chi connectivity index (χ0n) is 8.85.